The summed E-state index contributed by atoms with van der Waals surface area (Å²) in [5.41, 5.74) is 6.51. The van der Waals surface area contributed by atoms with Gasteiger partial charge in [-0.3, -0.25) is 0 Å². The summed E-state index contributed by atoms with van der Waals surface area (Å²) in [6.45, 7) is 4.64. The van der Waals surface area contributed by atoms with Crippen LogP contribution in [0.15, 0.2) is 24.3 Å². The Morgan fingerprint density at radius 2 is 2.06 bits per heavy atom. The van der Waals surface area contributed by atoms with Crippen molar-refractivity contribution in [3.63, 3.8) is 0 Å². The van der Waals surface area contributed by atoms with Crippen molar-refractivity contribution < 1.29 is 4.74 Å². The highest BCUT2D eigenvalue weighted by atomic mass is 32.1. The predicted octanol–water partition coefficient (Wildman–Crippen LogP) is 3.52. The molecular formula is C15H21NOS. The Morgan fingerprint density at radius 3 is 2.72 bits per heavy atom. The third kappa shape index (κ3) is 3.22. The molecule has 1 fully saturated rings. The number of ether oxygens (including phenoxy) is 1. The maximum atomic E-state index is 6.05. The van der Waals surface area contributed by atoms with Crippen LogP contribution in [0, 0.1) is 11.8 Å². The molecule has 0 spiro atoms. The van der Waals surface area contributed by atoms with Gasteiger partial charge < -0.3 is 10.5 Å². The van der Waals surface area contributed by atoms with Crippen LogP contribution in [-0.4, -0.2) is 11.1 Å². The Labute approximate surface area is 115 Å². The van der Waals surface area contributed by atoms with Crippen LogP contribution < -0.4 is 10.5 Å². The first kappa shape index (κ1) is 13.3. The van der Waals surface area contributed by atoms with Gasteiger partial charge in [-0.05, 0) is 43.2 Å². The lowest BCUT2D eigenvalue weighted by atomic mass is 9.80. The van der Waals surface area contributed by atoms with E-state index < -0.39 is 0 Å². The van der Waals surface area contributed by atoms with Gasteiger partial charge in [0.25, 0.3) is 0 Å². The van der Waals surface area contributed by atoms with E-state index in [1.165, 1.54) is 6.42 Å². The van der Waals surface area contributed by atoms with E-state index in [9.17, 15) is 0 Å². The molecule has 1 aliphatic carbocycles. The zero-order valence-electron chi connectivity index (χ0n) is 11.1. The lowest BCUT2D eigenvalue weighted by molar-refractivity contribution is 0.101. The van der Waals surface area contributed by atoms with Crippen molar-refractivity contribution in [3.8, 4) is 5.75 Å². The quantitative estimate of drug-likeness (QED) is 0.847. The number of rotatable bonds is 3. The molecule has 3 unspecified atom stereocenters. The van der Waals surface area contributed by atoms with Gasteiger partial charge in [-0.25, -0.2) is 0 Å². The van der Waals surface area contributed by atoms with Crippen LogP contribution >= 0.6 is 12.2 Å². The van der Waals surface area contributed by atoms with Crippen LogP contribution in [0.4, 0.5) is 0 Å². The minimum absolute atomic E-state index is 0.331. The van der Waals surface area contributed by atoms with Crippen LogP contribution in [-0.2, 0) is 0 Å². The molecule has 1 aromatic carbocycles. The normalized spacial score (nSPS) is 27.8. The van der Waals surface area contributed by atoms with Crippen LogP contribution in [0.25, 0.3) is 0 Å². The second kappa shape index (κ2) is 5.70. The average molecular weight is 263 g/mol. The fraction of sp³-hybridized carbons (Fsp3) is 0.533. The molecule has 1 aliphatic rings. The number of nitrogens with two attached hydrogens (primary N) is 1. The monoisotopic (exact) mass is 263 g/mol. The highest BCUT2D eigenvalue weighted by Crippen LogP contribution is 2.31. The summed E-state index contributed by atoms with van der Waals surface area (Å²) in [7, 11) is 0. The molecule has 98 valence electrons. The predicted molar refractivity (Wildman–Crippen MR) is 78.9 cm³/mol. The second-order valence-corrected chi connectivity index (χ2v) is 5.84. The molecule has 0 amide bonds. The van der Waals surface area contributed by atoms with Crippen molar-refractivity contribution in [2.24, 2.45) is 17.6 Å². The molecule has 0 bridgehead atoms. The topological polar surface area (TPSA) is 35.2 Å². The molecule has 2 N–H and O–H groups in total. The number of benzene rings is 1. The molecule has 1 aromatic rings. The Balaban J connectivity index is 2.01. The van der Waals surface area contributed by atoms with Crippen molar-refractivity contribution >= 4 is 17.2 Å². The van der Waals surface area contributed by atoms with Gasteiger partial charge >= 0.3 is 0 Å². The first-order chi connectivity index (χ1) is 8.56. The lowest BCUT2D eigenvalue weighted by Gasteiger charge is -2.32. The summed E-state index contributed by atoms with van der Waals surface area (Å²) in [5, 5.41) is 0. The van der Waals surface area contributed by atoms with Crippen molar-refractivity contribution in [1.29, 1.82) is 0 Å². The summed E-state index contributed by atoms with van der Waals surface area (Å²) < 4.78 is 6.05. The molecule has 3 atom stereocenters. The number of hydrogen-bond donors (Lipinski definition) is 1. The van der Waals surface area contributed by atoms with Gasteiger partial charge in [0.2, 0.25) is 0 Å². The highest BCUT2D eigenvalue weighted by molar-refractivity contribution is 7.80. The van der Waals surface area contributed by atoms with Crippen LogP contribution in [0.2, 0.25) is 0 Å². The van der Waals surface area contributed by atoms with Crippen molar-refractivity contribution in [2.45, 2.75) is 39.2 Å². The third-order valence-electron chi connectivity index (χ3n) is 3.97. The van der Waals surface area contributed by atoms with E-state index in [-0.39, 0.29) is 0 Å². The number of thiocarbonyl (C=S) groups is 1. The van der Waals surface area contributed by atoms with Crippen molar-refractivity contribution in [1.82, 2.24) is 0 Å². The van der Waals surface area contributed by atoms with Crippen molar-refractivity contribution in [2.75, 3.05) is 0 Å². The van der Waals surface area contributed by atoms with E-state index in [4.69, 9.17) is 22.7 Å². The van der Waals surface area contributed by atoms with Gasteiger partial charge in [-0.15, -0.1) is 0 Å². The van der Waals surface area contributed by atoms with Crippen LogP contribution in [0.1, 0.15) is 38.7 Å². The fourth-order valence-electron chi connectivity index (χ4n) is 2.52. The molecular weight excluding hydrogens is 242 g/mol. The maximum Gasteiger partial charge on any atom is 0.120 e. The Morgan fingerprint density at radius 1 is 1.28 bits per heavy atom. The minimum Gasteiger partial charge on any atom is -0.490 e. The SMILES string of the molecule is CC1CCC(Oc2cccc(C(N)=S)c2)CC1C. The van der Waals surface area contributed by atoms with E-state index in [1.54, 1.807) is 0 Å². The third-order valence-corrected chi connectivity index (χ3v) is 4.21. The van der Waals surface area contributed by atoms with Gasteiger partial charge in [-0.1, -0.05) is 38.2 Å². The first-order valence-electron chi connectivity index (χ1n) is 6.63. The van der Waals surface area contributed by atoms with Gasteiger partial charge in [0.05, 0.1) is 6.10 Å². The van der Waals surface area contributed by atoms with Gasteiger partial charge in [0.15, 0.2) is 0 Å². The summed E-state index contributed by atoms with van der Waals surface area (Å²) in [4.78, 5) is 0.422. The Hall–Kier alpha value is -1.09. The molecule has 18 heavy (non-hydrogen) atoms. The average Bonchev–Trinajstić information content (AvgIpc) is 2.34. The maximum absolute atomic E-state index is 6.05. The lowest BCUT2D eigenvalue weighted by Crippen LogP contribution is -2.28. The van der Waals surface area contributed by atoms with E-state index >= 15 is 0 Å². The molecule has 0 aliphatic heterocycles. The van der Waals surface area contributed by atoms with Crippen molar-refractivity contribution in [3.05, 3.63) is 29.8 Å². The molecule has 0 saturated heterocycles. The summed E-state index contributed by atoms with van der Waals surface area (Å²) in [6.07, 6.45) is 3.86. The Kier molecular flexibility index (Phi) is 4.23. The zero-order valence-corrected chi connectivity index (χ0v) is 11.9. The Bertz CT molecular complexity index is 432. The fourth-order valence-corrected chi connectivity index (χ4v) is 2.65. The van der Waals surface area contributed by atoms with Gasteiger partial charge in [-0.2, -0.15) is 0 Å². The minimum atomic E-state index is 0.331. The second-order valence-electron chi connectivity index (χ2n) is 5.40. The highest BCUT2D eigenvalue weighted by Gasteiger charge is 2.25. The molecule has 2 rings (SSSR count). The molecule has 3 heteroatoms. The zero-order chi connectivity index (χ0) is 13.1. The molecule has 0 aromatic heterocycles. The standard InChI is InChI=1S/C15H21NOS/c1-10-6-7-14(8-11(10)2)17-13-5-3-4-12(9-13)15(16)18/h3-5,9-11,14H,6-8H2,1-2H3,(H2,16,18). The molecule has 0 heterocycles. The van der Waals surface area contributed by atoms with Gasteiger partial charge in [0, 0.05) is 5.56 Å². The summed E-state index contributed by atoms with van der Waals surface area (Å²) in [5.74, 6) is 2.43. The van der Waals surface area contributed by atoms with Crippen LogP contribution in [0.5, 0.6) is 5.75 Å². The van der Waals surface area contributed by atoms with E-state index in [0.717, 1.165) is 36.0 Å². The first-order valence-corrected chi connectivity index (χ1v) is 7.03. The van der Waals surface area contributed by atoms with E-state index in [2.05, 4.69) is 13.8 Å². The summed E-state index contributed by atoms with van der Waals surface area (Å²) in [6, 6.07) is 7.77. The number of hydrogen-bond acceptors (Lipinski definition) is 2. The van der Waals surface area contributed by atoms with E-state index in [1.807, 2.05) is 24.3 Å². The van der Waals surface area contributed by atoms with Crippen LogP contribution in [0.3, 0.4) is 0 Å². The molecule has 1 saturated carbocycles. The molecule has 2 nitrogen and oxygen atoms in total. The smallest absolute Gasteiger partial charge is 0.120 e. The van der Waals surface area contributed by atoms with E-state index in [0.29, 0.717) is 11.1 Å². The van der Waals surface area contributed by atoms with Gasteiger partial charge in [0.1, 0.15) is 10.7 Å². The summed E-state index contributed by atoms with van der Waals surface area (Å²) >= 11 is 4.98. The molecule has 0 radical (unpaired) electrons. The largest absolute Gasteiger partial charge is 0.490 e.